The maximum absolute atomic E-state index is 2.42. The van der Waals surface area contributed by atoms with Crippen molar-refractivity contribution in [1.82, 2.24) is 0 Å². The van der Waals surface area contributed by atoms with Gasteiger partial charge in [0, 0.05) is 31.3 Å². The van der Waals surface area contributed by atoms with Gasteiger partial charge in [0.25, 0.3) is 0 Å². The van der Waals surface area contributed by atoms with E-state index < -0.39 is 0 Å². The number of rotatable bonds is 3. The lowest BCUT2D eigenvalue weighted by Crippen LogP contribution is -2.30. The number of para-hydroxylation sites is 2. The van der Waals surface area contributed by atoms with Crippen LogP contribution in [0.3, 0.4) is 0 Å². The lowest BCUT2D eigenvalue weighted by atomic mass is 9.73. The fraction of sp³-hybridized carbons (Fsp3) is 0.0769. The predicted octanol–water partition coefficient (Wildman–Crippen LogP) is 11.5. The van der Waals surface area contributed by atoms with E-state index in [0.717, 1.165) is 0 Å². The number of hydrogen-bond donors (Lipinski definition) is 0. The Labute approximate surface area is 245 Å². The Balaban J connectivity index is 1.28. The molecule has 41 heavy (non-hydrogen) atoms. The first-order valence-corrected chi connectivity index (χ1v) is 15.0. The van der Waals surface area contributed by atoms with Crippen molar-refractivity contribution < 1.29 is 0 Å². The molecule has 1 aromatic heterocycles. The van der Waals surface area contributed by atoms with Gasteiger partial charge in [-0.25, -0.2) is 0 Å². The number of fused-ring (bicyclic) bond motifs is 5. The topological polar surface area (TPSA) is 3.24 Å². The predicted molar refractivity (Wildman–Crippen MR) is 177 cm³/mol. The Kier molecular flexibility index (Phi) is 5.42. The molecule has 0 spiro atoms. The molecular weight excluding hydrogens is 515 g/mol. The molecule has 1 aliphatic rings. The lowest BCUT2D eigenvalue weighted by Gasteiger charge is -2.42. The van der Waals surface area contributed by atoms with E-state index in [1.54, 1.807) is 0 Å². The molecule has 2 heteroatoms. The lowest BCUT2D eigenvalue weighted by molar-refractivity contribution is 0.632. The molecule has 196 valence electrons. The maximum atomic E-state index is 2.42. The molecule has 1 aliphatic heterocycles. The van der Waals surface area contributed by atoms with Gasteiger partial charge < -0.3 is 4.90 Å². The van der Waals surface area contributed by atoms with Crippen molar-refractivity contribution in [2.75, 3.05) is 4.90 Å². The largest absolute Gasteiger partial charge is 0.310 e. The van der Waals surface area contributed by atoms with Crippen molar-refractivity contribution in [3.8, 4) is 22.3 Å². The Morgan fingerprint density at radius 3 is 2.10 bits per heavy atom. The van der Waals surface area contributed by atoms with E-state index in [0.29, 0.717) is 0 Å². The minimum Gasteiger partial charge on any atom is -0.310 e. The molecular formula is C39H29NS. The first-order chi connectivity index (χ1) is 20.1. The van der Waals surface area contributed by atoms with Crippen molar-refractivity contribution in [2.24, 2.45) is 0 Å². The van der Waals surface area contributed by atoms with Gasteiger partial charge in [0.15, 0.2) is 0 Å². The van der Waals surface area contributed by atoms with Gasteiger partial charge >= 0.3 is 0 Å². The van der Waals surface area contributed by atoms with Gasteiger partial charge in [-0.15, -0.1) is 11.3 Å². The van der Waals surface area contributed by atoms with E-state index in [1.165, 1.54) is 70.6 Å². The van der Waals surface area contributed by atoms with Crippen LogP contribution < -0.4 is 4.90 Å². The second-order valence-electron chi connectivity index (χ2n) is 11.4. The van der Waals surface area contributed by atoms with E-state index in [-0.39, 0.29) is 5.41 Å². The number of nitrogens with zero attached hydrogens (tertiary/aromatic N) is 1. The summed E-state index contributed by atoms with van der Waals surface area (Å²) in [5.41, 5.74) is 11.3. The molecule has 0 N–H and O–H groups in total. The van der Waals surface area contributed by atoms with Crippen molar-refractivity contribution in [2.45, 2.75) is 19.3 Å². The van der Waals surface area contributed by atoms with Crippen LogP contribution in [0.25, 0.3) is 42.4 Å². The van der Waals surface area contributed by atoms with Gasteiger partial charge in [0.2, 0.25) is 0 Å². The molecule has 2 heterocycles. The highest BCUT2D eigenvalue weighted by molar-refractivity contribution is 7.26. The Morgan fingerprint density at radius 2 is 1.20 bits per heavy atom. The third-order valence-electron chi connectivity index (χ3n) is 8.65. The van der Waals surface area contributed by atoms with E-state index in [9.17, 15) is 0 Å². The quantitative estimate of drug-likeness (QED) is 0.214. The summed E-state index contributed by atoms with van der Waals surface area (Å²) in [6, 6.07) is 51.1. The van der Waals surface area contributed by atoms with Crippen molar-refractivity contribution in [3.63, 3.8) is 0 Å². The summed E-state index contributed by atoms with van der Waals surface area (Å²) in [5.74, 6) is 0. The minimum absolute atomic E-state index is 0.131. The average molecular weight is 544 g/mol. The highest BCUT2D eigenvalue weighted by atomic mass is 32.1. The fourth-order valence-electron chi connectivity index (χ4n) is 6.58. The molecule has 7 aromatic rings. The van der Waals surface area contributed by atoms with Gasteiger partial charge in [-0.1, -0.05) is 111 Å². The first kappa shape index (κ1) is 24.2. The number of thiophene rings is 1. The molecule has 1 nitrogen and oxygen atoms in total. The molecule has 0 radical (unpaired) electrons. The molecule has 0 atom stereocenters. The summed E-state index contributed by atoms with van der Waals surface area (Å²) in [4.78, 5) is 2.41. The highest BCUT2D eigenvalue weighted by Crippen LogP contribution is 2.52. The summed E-state index contributed by atoms with van der Waals surface area (Å²) in [6.07, 6.45) is 0. The first-order valence-electron chi connectivity index (χ1n) is 14.2. The van der Waals surface area contributed by atoms with Crippen molar-refractivity contribution >= 4 is 48.6 Å². The maximum Gasteiger partial charge on any atom is 0.0503 e. The Hall–Kier alpha value is -4.66. The second-order valence-corrected chi connectivity index (χ2v) is 12.5. The molecule has 0 amide bonds. The summed E-state index contributed by atoms with van der Waals surface area (Å²) < 4.78 is 2.69. The highest BCUT2D eigenvalue weighted by Gasteiger charge is 2.36. The molecule has 0 saturated heterocycles. The van der Waals surface area contributed by atoms with E-state index in [1.807, 2.05) is 11.3 Å². The van der Waals surface area contributed by atoms with E-state index in [2.05, 4.69) is 158 Å². The van der Waals surface area contributed by atoms with Crippen LogP contribution in [-0.2, 0) is 5.41 Å². The molecule has 8 rings (SSSR count). The third-order valence-corrected chi connectivity index (χ3v) is 9.87. The van der Waals surface area contributed by atoms with Crippen LogP contribution in [0.5, 0.6) is 0 Å². The molecule has 0 bridgehead atoms. The van der Waals surface area contributed by atoms with Gasteiger partial charge in [-0.05, 0) is 75.8 Å². The van der Waals surface area contributed by atoms with E-state index in [4.69, 9.17) is 0 Å². The normalized spacial score (nSPS) is 13.8. The third kappa shape index (κ3) is 3.75. The van der Waals surface area contributed by atoms with Gasteiger partial charge in [0.05, 0.1) is 11.4 Å². The number of hydrogen-bond acceptors (Lipinski definition) is 2. The SMILES string of the molecule is CC1(C)c2ccccc2N(c2ccccc2)c2ccc(-c3cccc(-c4cccc5c4sc4ccccc45)c3)cc21. The van der Waals surface area contributed by atoms with Gasteiger partial charge in [-0.2, -0.15) is 0 Å². The smallest absolute Gasteiger partial charge is 0.0503 e. The average Bonchev–Trinajstić information content (AvgIpc) is 3.41. The second kappa shape index (κ2) is 9.19. The summed E-state index contributed by atoms with van der Waals surface area (Å²) in [5, 5.41) is 2.68. The molecule has 6 aromatic carbocycles. The molecule has 0 aliphatic carbocycles. The van der Waals surface area contributed by atoms with Crippen LogP contribution in [0.4, 0.5) is 17.1 Å². The zero-order valence-electron chi connectivity index (χ0n) is 23.1. The van der Waals surface area contributed by atoms with Crippen molar-refractivity contribution in [3.05, 3.63) is 151 Å². The number of benzene rings is 6. The standard InChI is InChI=1S/C39H29NS/c1-39(2)33-19-7-8-20-35(33)40(29-14-4-3-5-15-29)36-23-22-27(25-34(36)39)26-12-10-13-28(24-26)30-17-11-18-32-31-16-6-9-21-37(31)41-38(30)32/h3-25H,1-2H3. The Bertz CT molecular complexity index is 2080. The molecule has 0 saturated carbocycles. The summed E-state index contributed by atoms with van der Waals surface area (Å²) >= 11 is 1.89. The zero-order valence-corrected chi connectivity index (χ0v) is 24.0. The summed E-state index contributed by atoms with van der Waals surface area (Å²) in [6.45, 7) is 4.71. The minimum atomic E-state index is -0.131. The molecule has 0 fully saturated rings. The van der Waals surface area contributed by atoms with Gasteiger partial charge in [0.1, 0.15) is 0 Å². The van der Waals surface area contributed by atoms with Crippen LogP contribution in [0, 0.1) is 0 Å². The van der Waals surface area contributed by atoms with Gasteiger partial charge in [-0.3, -0.25) is 0 Å². The van der Waals surface area contributed by atoms with Crippen molar-refractivity contribution in [1.29, 1.82) is 0 Å². The van der Waals surface area contributed by atoms with Crippen LogP contribution in [0.1, 0.15) is 25.0 Å². The monoisotopic (exact) mass is 543 g/mol. The molecule has 0 unspecified atom stereocenters. The Morgan fingerprint density at radius 1 is 0.512 bits per heavy atom. The van der Waals surface area contributed by atoms with Crippen LogP contribution in [0.15, 0.2) is 140 Å². The van der Waals surface area contributed by atoms with Crippen LogP contribution >= 0.6 is 11.3 Å². The van der Waals surface area contributed by atoms with E-state index >= 15 is 0 Å². The van der Waals surface area contributed by atoms with Crippen LogP contribution in [-0.4, -0.2) is 0 Å². The fourth-order valence-corrected chi connectivity index (χ4v) is 7.82. The number of anilines is 3. The summed E-state index contributed by atoms with van der Waals surface area (Å²) in [7, 11) is 0. The zero-order chi connectivity index (χ0) is 27.6. The van der Waals surface area contributed by atoms with Crippen LogP contribution in [0.2, 0.25) is 0 Å².